The molecule has 0 saturated carbocycles. The predicted octanol–water partition coefficient (Wildman–Crippen LogP) is 1.80. The number of nitrogen functional groups attached to an aromatic ring is 1. The molecule has 0 radical (unpaired) electrons. The Hall–Kier alpha value is -2.50. The highest BCUT2D eigenvalue weighted by Gasteiger charge is 2.06. The van der Waals surface area contributed by atoms with Gasteiger partial charge in [-0.15, -0.1) is 0 Å². The number of amides is 1. The van der Waals surface area contributed by atoms with Gasteiger partial charge in [-0.05, 0) is 29.8 Å². The van der Waals surface area contributed by atoms with Gasteiger partial charge >= 0.3 is 0 Å². The fraction of sp³-hybridized carbons (Fsp3) is 0.143. The molecule has 0 aliphatic carbocycles. The summed E-state index contributed by atoms with van der Waals surface area (Å²) < 4.78 is 25.7. The first-order chi connectivity index (χ1) is 9.54. The van der Waals surface area contributed by atoms with Crippen LogP contribution in [0.25, 0.3) is 0 Å². The number of carbonyl (C=O) groups excluding carboxylic acids is 1. The molecule has 1 aromatic carbocycles. The number of nitrogens with one attached hydrogen (secondary N) is 1. The molecule has 2 rings (SSSR count). The summed E-state index contributed by atoms with van der Waals surface area (Å²) in [5.74, 6) is -2.10. The second kappa shape index (κ2) is 6.10. The Morgan fingerprint density at radius 2 is 2.00 bits per heavy atom. The van der Waals surface area contributed by atoms with E-state index in [1.54, 1.807) is 12.1 Å². The van der Waals surface area contributed by atoms with Crippen molar-refractivity contribution in [3.63, 3.8) is 0 Å². The monoisotopic (exact) mass is 277 g/mol. The lowest BCUT2D eigenvalue weighted by molar-refractivity contribution is -0.120. The summed E-state index contributed by atoms with van der Waals surface area (Å²) in [6.45, 7) is 0.130. The highest BCUT2D eigenvalue weighted by Crippen LogP contribution is 2.08. The summed E-state index contributed by atoms with van der Waals surface area (Å²) >= 11 is 0. The summed E-state index contributed by atoms with van der Waals surface area (Å²) in [5.41, 5.74) is 7.09. The van der Waals surface area contributed by atoms with Gasteiger partial charge < -0.3 is 11.1 Å². The fourth-order valence-corrected chi connectivity index (χ4v) is 1.62. The van der Waals surface area contributed by atoms with E-state index >= 15 is 0 Å². The van der Waals surface area contributed by atoms with Crippen LogP contribution in [0.3, 0.4) is 0 Å². The molecule has 4 nitrogen and oxygen atoms in total. The first kappa shape index (κ1) is 13.9. The second-order valence-corrected chi connectivity index (χ2v) is 4.28. The number of rotatable bonds is 4. The summed E-state index contributed by atoms with van der Waals surface area (Å²) in [5, 5.41) is 2.61. The maximum atomic E-state index is 13.0. The lowest BCUT2D eigenvalue weighted by Gasteiger charge is -2.06. The number of pyridine rings is 1. The quantitative estimate of drug-likeness (QED) is 0.895. The van der Waals surface area contributed by atoms with E-state index < -0.39 is 11.6 Å². The van der Waals surface area contributed by atoms with Crippen molar-refractivity contribution in [1.82, 2.24) is 10.3 Å². The Bertz CT molecular complexity index is 614. The lowest BCUT2D eigenvalue weighted by atomic mass is 10.2. The van der Waals surface area contributed by atoms with Crippen LogP contribution in [0.5, 0.6) is 0 Å². The number of hydrogen-bond acceptors (Lipinski definition) is 3. The molecule has 0 saturated heterocycles. The molecule has 0 fully saturated rings. The molecule has 0 aliphatic heterocycles. The highest BCUT2D eigenvalue weighted by atomic mass is 19.2. The highest BCUT2D eigenvalue weighted by molar-refractivity contribution is 5.78. The van der Waals surface area contributed by atoms with Gasteiger partial charge in [0.05, 0.1) is 18.3 Å². The van der Waals surface area contributed by atoms with Crippen molar-refractivity contribution < 1.29 is 13.6 Å². The molecule has 3 N–H and O–H groups in total. The molecule has 2 aromatic rings. The number of nitrogens with two attached hydrogens (primary N) is 1. The van der Waals surface area contributed by atoms with E-state index in [2.05, 4.69) is 10.3 Å². The number of carbonyl (C=O) groups is 1. The predicted molar refractivity (Wildman–Crippen MR) is 70.6 cm³/mol. The number of benzene rings is 1. The lowest BCUT2D eigenvalue weighted by Crippen LogP contribution is -2.25. The average molecular weight is 277 g/mol. The van der Waals surface area contributed by atoms with Crippen LogP contribution >= 0.6 is 0 Å². The van der Waals surface area contributed by atoms with Gasteiger partial charge in [-0.25, -0.2) is 8.78 Å². The summed E-state index contributed by atoms with van der Waals surface area (Å²) in [6.07, 6.45) is 1.57. The summed E-state index contributed by atoms with van der Waals surface area (Å²) in [7, 11) is 0. The molecule has 20 heavy (non-hydrogen) atoms. The average Bonchev–Trinajstić information content (AvgIpc) is 2.43. The summed E-state index contributed by atoms with van der Waals surface area (Å²) in [6, 6.07) is 6.81. The van der Waals surface area contributed by atoms with Gasteiger partial charge in [0, 0.05) is 12.2 Å². The van der Waals surface area contributed by atoms with Crippen LogP contribution in [0.15, 0.2) is 36.5 Å². The molecule has 1 amide bonds. The van der Waals surface area contributed by atoms with Crippen molar-refractivity contribution in [1.29, 1.82) is 0 Å². The van der Waals surface area contributed by atoms with E-state index in [0.29, 0.717) is 16.9 Å². The van der Waals surface area contributed by atoms with E-state index in [9.17, 15) is 13.6 Å². The molecule has 6 heteroatoms. The van der Waals surface area contributed by atoms with Crippen LogP contribution in [-0.2, 0) is 17.8 Å². The minimum absolute atomic E-state index is 0.101. The Morgan fingerprint density at radius 3 is 2.65 bits per heavy atom. The number of halogens is 2. The van der Waals surface area contributed by atoms with Gasteiger partial charge in [-0.1, -0.05) is 6.07 Å². The Labute approximate surface area is 114 Å². The Kier molecular flexibility index (Phi) is 4.24. The third-order valence-electron chi connectivity index (χ3n) is 2.66. The van der Waals surface area contributed by atoms with Gasteiger partial charge in [0.15, 0.2) is 11.6 Å². The van der Waals surface area contributed by atoms with E-state index in [-0.39, 0.29) is 18.9 Å². The van der Waals surface area contributed by atoms with Gasteiger partial charge in [-0.3, -0.25) is 9.78 Å². The first-order valence-corrected chi connectivity index (χ1v) is 5.95. The van der Waals surface area contributed by atoms with Crippen molar-refractivity contribution in [3.05, 3.63) is 59.4 Å². The zero-order chi connectivity index (χ0) is 14.5. The van der Waals surface area contributed by atoms with E-state index in [1.807, 2.05) is 0 Å². The maximum Gasteiger partial charge on any atom is 0.226 e. The normalized spacial score (nSPS) is 10.3. The molecule has 0 bridgehead atoms. The van der Waals surface area contributed by atoms with Gasteiger partial charge in [-0.2, -0.15) is 0 Å². The maximum absolute atomic E-state index is 13.0. The molecule has 0 aliphatic rings. The minimum atomic E-state index is -0.933. The zero-order valence-electron chi connectivity index (χ0n) is 10.6. The summed E-state index contributed by atoms with van der Waals surface area (Å²) in [4.78, 5) is 15.7. The molecule has 104 valence electrons. The largest absolute Gasteiger partial charge is 0.397 e. The van der Waals surface area contributed by atoms with Crippen LogP contribution in [-0.4, -0.2) is 10.9 Å². The third-order valence-corrected chi connectivity index (χ3v) is 2.66. The van der Waals surface area contributed by atoms with Gasteiger partial charge in [0.25, 0.3) is 0 Å². The molecule has 1 aromatic heterocycles. The van der Waals surface area contributed by atoms with Gasteiger partial charge in [0.1, 0.15) is 0 Å². The zero-order valence-corrected chi connectivity index (χ0v) is 10.6. The number of nitrogens with zero attached hydrogens (tertiary/aromatic N) is 1. The third kappa shape index (κ3) is 3.74. The molecule has 0 atom stereocenters. The van der Waals surface area contributed by atoms with Crippen molar-refractivity contribution in [2.75, 3.05) is 5.73 Å². The minimum Gasteiger partial charge on any atom is -0.397 e. The van der Waals surface area contributed by atoms with Crippen LogP contribution in [0.4, 0.5) is 14.5 Å². The molecular weight excluding hydrogens is 264 g/mol. The van der Waals surface area contributed by atoms with Gasteiger partial charge in [0.2, 0.25) is 5.91 Å². The number of hydrogen-bond donors (Lipinski definition) is 2. The Morgan fingerprint density at radius 1 is 1.20 bits per heavy atom. The number of anilines is 1. The van der Waals surface area contributed by atoms with Crippen molar-refractivity contribution >= 4 is 11.6 Å². The van der Waals surface area contributed by atoms with Crippen LogP contribution in [0.2, 0.25) is 0 Å². The van der Waals surface area contributed by atoms with E-state index in [1.165, 1.54) is 12.3 Å². The molecule has 0 spiro atoms. The van der Waals surface area contributed by atoms with Crippen LogP contribution in [0, 0.1) is 11.6 Å². The molecule has 0 unspecified atom stereocenters. The topological polar surface area (TPSA) is 68.0 Å². The van der Waals surface area contributed by atoms with Crippen LogP contribution in [0.1, 0.15) is 11.3 Å². The first-order valence-electron chi connectivity index (χ1n) is 5.95. The van der Waals surface area contributed by atoms with Crippen LogP contribution < -0.4 is 11.1 Å². The van der Waals surface area contributed by atoms with Crippen molar-refractivity contribution in [3.8, 4) is 0 Å². The van der Waals surface area contributed by atoms with E-state index in [0.717, 1.165) is 12.1 Å². The molecular formula is C14H13F2N3O. The smallest absolute Gasteiger partial charge is 0.226 e. The standard InChI is InChI=1S/C14H13F2N3O/c15-12-4-1-9(5-13(12)16)7-19-14(20)6-11-3-2-10(17)8-18-11/h1-5,8H,6-7,17H2,(H,19,20). The SMILES string of the molecule is Nc1ccc(CC(=O)NCc2ccc(F)c(F)c2)nc1. The van der Waals surface area contributed by atoms with E-state index in [4.69, 9.17) is 5.73 Å². The molecule has 1 heterocycles. The second-order valence-electron chi connectivity index (χ2n) is 4.28. The van der Waals surface area contributed by atoms with Crippen molar-refractivity contribution in [2.45, 2.75) is 13.0 Å². The van der Waals surface area contributed by atoms with Crippen molar-refractivity contribution in [2.24, 2.45) is 0 Å². The number of aromatic nitrogens is 1. The Balaban J connectivity index is 1.88. The fourth-order valence-electron chi connectivity index (χ4n) is 1.62.